The molecule has 1 aromatic heterocycles. The maximum Gasteiger partial charge on any atom is 0.225 e. The standard InChI is InChI=1S/C24H24N2O/c27-23(17-18-10-11-19-6-4-5-9-22(19)16-18)26-24(20-7-2-1-3-8-20)21-12-14-25-15-13-21/h1-3,7-8,10-16,24H,4-6,9,17H2,(H,26,27). The van der Waals surface area contributed by atoms with Gasteiger partial charge >= 0.3 is 0 Å². The monoisotopic (exact) mass is 356 g/mol. The number of nitrogens with zero attached hydrogens (tertiary/aromatic N) is 1. The Morgan fingerprint density at radius 2 is 1.59 bits per heavy atom. The molecule has 4 rings (SSSR count). The fourth-order valence-corrected chi connectivity index (χ4v) is 3.85. The molecule has 0 bridgehead atoms. The second-order valence-corrected chi connectivity index (χ2v) is 7.18. The van der Waals surface area contributed by atoms with Crippen LogP contribution in [0.5, 0.6) is 0 Å². The number of aryl methyl sites for hydroxylation is 2. The van der Waals surface area contributed by atoms with Crippen LogP contribution in [0, 0.1) is 0 Å². The number of fused-ring (bicyclic) bond motifs is 1. The van der Waals surface area contributed by atoms with Crippen LogP contribution < -0.4 is 5.32 Å². The fraction of sp³-hybridized carbons (Fsp3) is 0.250. The third-order valence-corrected chi connectivity index (χ3v) is 5.26. The van der Waals surface area contributed by atoms with Crippen molar-refractivity contribution in [2.75, 3.05) is 0 Å². The van der Waals surface area contributed by atoms with Gasteiger partial charge in [0.15, 0.2) is 0 Å². The maximum absolute atomic E-state index is 12.8. The molecule has 1 atom stereocenters. The van der Waals surface area contributed by atoms with Gasteiger partial charge in [0.1, 0.15) is 0 Å². The third-order valence-electron chi connectivity index (χ3n) is 5.26. The first-order valence-corrected chi connectivity index (χ1v) is 9.64. The summed E-state index contributed by atoms with van der Waals surface area (Å²) in [6.45, 7) is 0. The number of rotatable bonds is 5. The summed E-state index contributed by atoms with van der Waals surface area (Å²) in [6.07, 6.45) is 8.76. The van der Waals surface area contributed by atoms with Gasteiger partial charge in [-0.1, -0.05) is 48.5 Å². The number of benzene rings is 2. The molecule has 0 saturated carbocycles. The summed E-state index contributed by atoms with van der Waals surface area (Å²) in [5.41, 5.74) is 6.07. The van der Waals surface area contributed by atoms with Crippen LogP contribution in [0.15, 0.2) is 73.1 Å². The molecule has 136 valence electrons. The van der Waals surface area contributed by atoms with E-state index in [1.54, 1.807) is 12.4 Å². The minimum absolute atomic E-state index is 0.0384. The highest BCUT2D eigenvalue weighted by atomic mass is 16.1. The first-order chi connectivity index (χ1) is 13.3. The molecular weight excluding hydrogens is 332 g/mol. The van der Waals surface area contributed by atoms with Gasteiger partial charge in [-0.25, -0.2) is 0 Å². The maximum atomic E-state index is 12.8. The predicted molar refractivity (Wildman–Crippen MR) is 107 cm³/mol. The average molecular weight is 356 g/mol. The van der Waals surface area contributed by atoms with Crippen LogP contribution in [-0.4, -0.2) is 10.9 Å². The van der Waals surface area contributed by atoms with Gasteiger partial charge in [0.2, 0.25) is 5.91 Å². The molecule has 0 saturated heterocycles. The first-order valence-electron chi connectivity index (χ1n) is 9.64. The lowest BCUT2D eigenvalue weighted by Gasteiger charge is -2.20. The van der Waals surface area contributed by atoms with Crippen molar-refractivity contribution in [2.24, 2.45) is 0 Å². The van der Waals surface area contributed by atoms with Gasteiger partial charge < -0.3 is 5.32 Å². The zero-order valence-corrected chi connectivity index (χ0v) is 15.4. The molecule has 1 aliphatic rings. The second-order valence-electron chi connectivity index (χ2n) is 7.18. The van der Waals surface area contributed by atoms with E-state index in [1.807, 2.05) is 42.5 Å². The number of carbonyl (C=O) groups is 1. The van der Waals surface area contributed by atoms with Gasteiger partial charge in [-0.2, -0.15) is 0 Å². The highest BCUT2D eigenvalue weighted by Crippen LogP contribution is 2.24. The van der Waals surface area contributed by atoms with Crippen molar-refractivity contribution in [2.45, 2.75) is 38.1 Å². The summed E-state index contributed by atoms with van der Waals surface area (Å²) in [6, 6.07) is 20.3. The Morgan fingerprint density at radius 1 is 0.889 bits per heavy atom. The number of carbonyl (C=O) groups excluding carboxylic acids is 1. The molecular formula is C24H24N2O. The van der Waals surface area contributed by atoms with Crippen molar-refractivity contribution in [3.63, 3.8) is 0 Å². The SMILES string of the molecule is O=C(Cc1ccc2c(c1)CCCC2)NC(c1ccccc1)c1ccncc1. The van der Waals surface area contributed by atoms with Gasteiger partial charge in [0.05, 0.1) is 12.5 Å². The molecule has 0 radical (unpaired) electrons. The Morgan fingerprint density at radius 3 is 2.37 bits per heavy atom. The van der Waals surface area contributed by atoms with E-state index in [9.17, 15) is 4.79 Å². The zero-order valence-electron chi connectivity index (χ0n) is 15.4. The normalized spacial score (nSPS) is 14.2. The number of nitrogens with one attached hydrogen (secondary N) is 1. The van der Waals surface area contributed by atoms with E-state index in [0.717, 1.165) is 23.1 Å². The quantitative estimate of drug-likeness (QED) is 0.736. The van der Waals surface area contributed by atoms with Crippen LogP contribution in [-0.2, 0) is 24.1 Å². The van der Waals surface area contributed by atoms with Crippen LogP contribution in [0.2, 0.25) is 0 Å². The summed E-state index contributed by atoms with van der Waals surface area (Å²) >= 11 is 0. The lowest BCUT2D eigenvalue weighted by atomic mass is 9.90. The Kier molecular flexibility index (Phi) is 5.29. The van der Waals surface area contributed by atoms with E-state index < -0.39 is 0 Å². The van der Waals surface area contributed by atoms with Crippen molar-refractivity contribution in [3.05, 3.63) is 101 Å². The Hall–Kier alpha value is -2.94. The summed E-state index contributed by atoms with van der Waals surface area (Å²) in [4.78, 5) is 16.9. The number of amides is 1. The van der Waals surface area contributed by atoms with Crippen LogP contribution in [0.1, 0.15) is 46.7 Å². The van der Waals surface area contributed by atoms with Crippen molar-refractivity contribution in [1.29, 1.82) is 0 Å². The second kappa shape index (κ2) is 8.17. The Balaban J connectivity index is 1.52. The summed E-state index contributed by atoms with van der Waals surface area (Å²) < 4.78 is 0. The number of hydrogen-bond acceptors (Lipinski definition) is 2. The lowest BCUT2D eigenvalue weighted by molar-refractivity contribution is -0.120. The smallest absolute Gasteiger partial charge is 0.225 e. The fourth-order valence-electron chi connectivity index (χ4n) is 3.85. The van der Waals surface area contributed by atoms with Crippen molar-refractivity contribution in [1.82, 2.24) is 10.3 Å². The van der Waals surface area contributed by atoms with Gasteiger partial charge in [0.25, 0.3) is 0 Å². The molecule has 3 nitrogen and oxygen atoms in total. The number of aromatic nitrogens is 1. The van der Waals surface area contributed by atoms with Gasteiger partial charge in [-0.3, -0.25) is 9.78 Å². The molecule has 0 fully saturated rings. The molecule has 3 aromatic rings. The third kappa shape index (κ3) is 4.25. The van der Waals surface area contributed by atoms with Gasteiger partial charge in [0, 0.05) is 12.4 Å². The van der Waals surface area contributed by atoms with Crippen LogP contribution >= 0.6 is 0 Å². The summed E-state index contributed by atoms with van der Waals surface area (Å²) in [7, 11) is 0. The molecule has 2 aromatic carbocycles. The molecule has 1 unspecified atom stereocenters. The minimum atomic E-state index is -0.167. The topological polar surface area (TPSA) is 42.0 Å². The van der Waals surface area contributed by atoms with Crippen molar-refractivity contribution < 1.29 is 4.79 Å². The highest BCUT2D eigenvalue weighted by Gasteiger charge is 2.17. The summed E-state index contributed by atoms with van der Waals surface area (Å²) in [5.74, 6) is 0.0384. The largest absolute Gasteiger partial charge is 0.345 e. The molecule has 1 amide bonds. The van der Waals surface area contributed by atoms with E-state index in [0.29, 0.717) is 6.42 Å². The number of pyridine rings is 1. The molecule has 1 aliphatic carbocycles. The minimum Gasteiger partial charge on any atom is -0.345 e. The van der Waals surface area contributed by atoms with Crippen LogP contribution in [0.3, 0.4) is 0 Å². The number of hydrogen-bond donors (Lipinski definition) is 1. The van der Waals surface area contributed by atoms with E-state index in [1.165, 1.54) is 30.4 Å². The molecule has 0 aliphatic heterocycles. The Bertz CT molecular complexity index is 867. The van der Waals surface area contributed by atoms with Gasteiger partial charge in [-0.05, 0) is 65.6 Å². The summed E-state index contributed by atoms with van der Waals surface area (Å²) in [5, 5.41) is 3.21. The molecule has 1 N–H and O–H groups in total. The molecule has 1 heterocycles. The lowest BCUT2D eigenvalue weighted by Crippen LogP contribution is -2.30. The Labute approximate surface area is 160 Å². The van der Waals surface area contributed by atoms with Crippen LogP contribution in [0.25, 0.3) is 0 Å². The average Bonchev–Trinajstić information content (AvgIpc) is 2.73. The predicted octanol–water partition coefficient (Wildman–Crippen LogP) is 4.41. The van der Waals surface area contributed by atoms with E-state index in [-0.39, 0.29) is 11.9 Å². The zero-order chi connectivity index (χ0) is 18.5. The molecule has 0 spiro atoms. The first kappa shape index (κ1) is 17.5. The molecule has 3 heteroatoms. The highest BCUT2D eigenvalue weighted by molar-refractivity contribution is 5.79. The van der Waals surface area contributed by atoms with Crippen LogP contribution in [0.4, 0.5) is 0 Å². The van der Waals surface area contributed by atoms with Gasteiger partial charge in [-0.15, -0.1) is 0 Å². The van der Waals surface area contributed by atoms with E-state index in [2.05, 4.69) is 28.5 Å². The molecule has 27 heavy (non-hydrogen) atoms. The van der Waals surface area contributed by atoms with E-state index >= 15 is 0 Å². The van der Waals surface area contributed by atoms with E-state index in [4.69, 9.17) is 0 Å². The van der Waals surface area contributed by atoms with Crippen molar-refractivity contribution >= 4 is 5.91 Å². The van der Waals surface area contributed by atoms with Crippen molar-refractivity contribution in [3.8, 4) is 0 Å².